The zero-order chi connectivity index (χ0) is 32.3. The highest BCUT2D eigenvalue weighted by Gasteiger charge is 2.30. The average molecular weight is 651 g/mol. The standard InChI is InChI=1S/C34H38N2O7S2/c1-4-22-10-12-25(16-22)36(2)33(38)31(45-21-44)19-26-13-15-28(43-26)24-11-14-29(41-3)30(18-24)42-20-32(37)35-27(34(39)40)17-23-8-6-5-7-9-23/h5-9,11,13-15,18-19,21-22,25,27H,4,10,12,16-17,20H2,1-3H3,(H,35,37)(H,39,40)/b31-19-. The van der Waals surface area contributed by atoms with Gasteiger partial charge in [0, 0.05) is 35.8 Å². The molecular formula is C34H38N2O7S2. The van der Waals surface area contributed by atoms with E-state index in [2.05, 4.69) is 12.2 Å². The molecule has 238 valence electrons. The molecule has 2 aromatic carbocycles. The fraction of sp³-hybridized carbons (Fsp3) is 0.353. The number of ether oxygens (including phenoxy) is 2. The van der Waals surface area contributed by atoms with E-state index in [1.54, 1.807) is 48.5 Å². The molecule has 1 aliphatic carbocycles. The quantitative estimate of drug-likeness (QED) is 0.146. The molecule has 1 heterocycles. The van der Waals surface area contributed by atoms with Crippen LogP contribution in [0.3, 0.4) is 0 Å². The molecule has 0 bridgehead atoms. The Labute approximate surface area is 273 Å². The highest BCUT2D eigenvalue weighted by atomic mass is 32.2. The lowest BCUT2D eigenvalue weighted by molar-refractivity contribution is -0.142. The van der Waals surface area contributed by atoms with Gasteiger partial charge in [-0.25, -0.2) is 4.79 Å². The summed E-state index contributed by atoms with van der Waals surface area (Å²) in [5.41, 5.74) is 1.44. The van der Waals surface area contributed by atoms with Crippen LogP contribution in [-0.4, -0.2) is 65.3 Å². The first-order valence-corrected chi connectivity index (χ1v) is 16.1. The maximum Gasteiger partial charge on any atom is 0.326 e. The van der Waals surface area contributed by atoms with Gasteiger partial charge in [-0.15, -0.1) is 0 Å². The number of benzene rings is 2. The summed E-state index contributed by atoms with van der Waals surface area (Å²) < 4.78 is 18.7. The van der Waals surface area contributed by atoms with Crippen molar-refractivity contribution < 1.29 is 33.4 Å². The van der Waals surface area contributed by atoms with Gasteiger partial charge in [0.15, 0.2) is 18.1 Å². The Balaban J connectivity index is 1.44. The summed E-state index contributed by atoms with van der Waals surface area (Å²) in [5.74, 6) is 0.509. The molecule has 2 N–H and O–H groups in total. The Bertz CT molecular complexity index is 1520. The lowest BCUT2D eigenvalue weighted by Crippen LogP contribution is -2.44. The van der Waals surface area contributed by atoms with Crippen LogP contribution in [0.15, 0.2) is 70.0 Å². The Hall–Kier alpha value is -4.09. The second-order valence-corrected chi connectivity index (χ2v) is 12.3. The van der Waals surface area contributed by atoms with Gasteiger partial charge in [-0.2, -0.15) is 0 Å². The van der Waals surface area contributed by atoms with Gasteiger partial charge in [0.05, 0.1) is 12.0 Å². The van der Waals surface area contributed by atoms with Gasteiger partial charge in [0.1, 0.15) is 17.6 Å². The van der Waals surface area contributed by atoms with Crippen LogP contribution >= 0.6 is 24.0 Å². The smallest absolute Gasteiger partial charge is 0.326 e. The Morgan fingerprint density at radius 1 is 1.13 bits per heavy atom. The van der Waals surface area contributed by atoms with Crippen molar-refractivity contribution in [3.8, 4) is 22.8 Å². The number of aliphatic carboxylic acids is 1. The molecular weight excluding hydrogens is 613 g/mol. The van der Waals surface area contributed by atoms with E-state index < -0.39 is 24.5 Å². The molecule has 1 aromatic heterocycles. The molecule has 0 saturated heterocycles. The summed E-state index contributed by atoms with van der Waals surface area (Å²) >= 11 is 6.25. The van der Waals surface area contributed by atoms with E-state index in [0.717, 1.165) is 31.2 Å². The molecule has 0 radical (unpaired) electrons. The van der Waals surface area contributed by atoms with E-state index >= 15 is 0 Å². The minimum absolute atomic E-state index is 0.0897. The van der Waals surface area contributed by atoms with Crippen LogP contribution in [0, 0.1) is 5.92 Å². The van der Waals surface area contributed by atoms with Crippen molar-refractivity contribution in [2.45, 2.75) is 51.1 Å². The number of carboxylic acid groups (broad SMARTS) is 1. The summed E-state index contributed by atoms with van der Waals surface area (Å²) in [5, 5.41) is 12.1. The summed E-state index contributed by atoms with van der Waals surface area (Å²) in [6.45, 7) is 1.77. The number of methoxy groups -OCH3 is 1. The number of hydrogen-bond acceptors (Lipinski definition) is 8. The molecule has 4 rings (SSSR count). The fourth-order valence-electron chi connectivity index (χ4n) is 5.40. The molecule has 9 nitrogen and oxygen atoms in total. The van der Waals surface area contributed by atoms with Crippen molar-refractivity contribution in [2.75, 3.05) is 20.8 Å². The van der Waals surface area contributed by atoms with Gasteiger partial charge in [-0.3, -0.25) is 9.59 Å². The normalized spacial score (nSPS) is 16.9. The van der Waals surface area contributed by atoms with E-state index in [1.165, 1.54) is 23.6 Å². The van der Waals surface area contributed by atoms with Crippen LogP contribution in [-0.2, 0) is 20.8 Å². The maximum absolute atomic E-state index is 13.4. The first-order chi connectivity index (χ1) is 21.7. The fourth-order valence-corrected chi connectivity index (χ4v) is 6.24. The number of rotatable bonds is 15. The number of nitrogens with zero attached hydrogens (tertiary/aromatic N) is 1. The molecule has 1 saturated carbocycles. The molecule has 11 heteroatoms. The molecule has 3 atom stereocenters. The maximum atomic E-state index is 13.4. The van der Waals surface area contributed by atoms with Crippen LogP contribution in [0.4, 0.5) is 0 Å². The topological polar surface area (TPSA) is 118 Å². The van der Waals surface area contributed by atoms with Crippen LogP contribution in [0.25, 0.3) is 17.4 Å². The lowest BCUT2D eigenvalue weighted by atomic mass is 10.1. The van der Waals surface area contributed by atoms with Crippen LogP contribution in [0.1, 0.15) is 43.9 Å². The van der Waals surface area contributed by atoms with E-state index in [1.807, 2.05) is 30.1 Å². The Morgan fingerprint density at radius 2 is 1.91 bits per heavy atom. The Kier molecular flexibility index (Phi) is 12.2. The van der Waals surface area contributed by atoms with Crippen molar-refractivity contribution in [2.24, 2.45) is 5.92 Å². The predicted molar refractivity (Wildman–Crippen MR) is 179 cm³/mol. The van der Waals surface area contributed by atoms with Crippen LogP contribution in [0.2, 0.25) is 0 Å². The summed E-state index contributed by atoms with van der Waals surface area (Å²) in [6.07, 6.45) is 6.10. The summed E-state index contributed by atoms with van der Waals surface area (Å²) in [4.78, 5) is 40.1. The second-order valence-electron chi connectivity index (χ2n) is 10.9. The zero-order valence-electron chi connectivity index (χ0n) is 25.6. The summed E-state index contributed by atoms with van der Waals surface area (Å²) in [7, 11) is 3.33. The monoisotopic (exact) mass is 650 g/mol. The summed E-state index contributed by atoms with van der Waals surface area (Å²) in [6, 6.07) is 16.9. The number of thiocarbonyl (C=S) groups is 1. The van der Waals surface area contributed by atoms with E-state index in [4.69, 9.17) is 26.1 Å². The molecule has 0 aliphatic heterocycles. The van der Waals surface area contributed by atoms with Gasteiger partial charge in [0.2, 0.25) is 0 Å². The first kappa shape index (κ1) is 33.8. The number of hydrogen-bond donors (Lipinski definition) is 2. The van der Waals surface area contributed by atoms with Gasteiger partial charge >= 0.3 is 5.97 Å². The van der Waals surface area contributed by atoms with E-state index in [-0.39, 0.29) is 24.1 Å². The number of thioether (sulfide) groups is 1. The third-order valence-corrected chi connectivity index (χ3v) is 8.90. The lowest BCUT2D eigenvalue weighted by Gasteiger charge is -2.25. The molecule has 45 heavy (non-hydrogen) atoms. The zero-order valence-corrected chi connectivity index (χ0v) is 27.2. The number of carboxylic acids is 1. The van der Waals surface area contributed by atoms with Gasteiger partial charge in [-0.05, 0) is 61.1 Å². The third kappa shape index (κ3) is 9.21. The van der Waals surface area contributed by atoms with Crippen molar-refractivity contribution in [3.63, 3.8) is 0 Å². The second kappa shape index (κ2) is 16.3. The van der Waals surface area contributed by atoms with E-state index in [9.17, 15) is 19.5 Å². The minimum atomic E-state index is -1.14. The molecule has 0 spiro atoms. The van der Waals surface area contributed by atoms with Gasteiger partial charge in [0.25, 0.3) is 11.8 Å². The number of likely N-dealkylation sites (N-methyl/N-ethyl adjacent to an activating group) is 1. The van der Waals surface area contributed by atoms with E-state index in [0.29, 0.717) is 33.7 Å². The molecule has 3 unspecified atom stereocenters. The molecule has 2 amide bonds. The highest BCUT2D eigenvalue weighted by Crippen LogP contribution is 2.35. The minimum Gasteiger partial charge on any atom is -0.493 e. The third-order valence-electron chi connectivity index (χ3n) is 7.97. The molecule has 1 fully saturated rings. The van der Waals surface area contributed by atoms with Crippen molar-refractivity contribution >= 4 is 52.5 Å². The van der Waals surface area contributed by atoms with Crippen LogP contribution in [0.5, 0.6) is 11.5 Å². The molecule has 3 aromatic rings. The van der Waals surface area contributed by atoms with Crippen molar-refractivity contribution in [1.82, 2.24) is 10.2 Å². The SMILES string of the molecule is CCC1CCC(N(C)C(=O)/C(=C/c2ccc(-c3ccc(OC)c(OCC(=O)NC(Cc4ccccc4)C(=O)O)c3)o2)SC=S)C1. The van der Waals surface area contributed by atoms with Gasteiger partial charge < -0.3 is 29.2 Å². The number of amides is 2. The highest BCUT2D eigenvalue weighted by molar-refractivity contribution is 8.24. The number of carbonyl (C=O) groups excluding carboxylic acids is 2. The van der Waals surface area contributed by atoms with Crippen molar-refractivity contribution in [3.05, 3.63) is 76.9 Å². The largest absolute Gasteiger partial charge is 0.493 e. The Morgan fingerprint density at radius 3 is 2.58 bits per heavy atom. The number of carbonyl (C=O) groups is 3. The average Bonchev–Trinajstić information content (AvgIpc) is 3.73. The predicted octanol–water partition coefficient (Wildman–Crippen LogP) is 6.21. The number of furan rings is 1. The molecule has 1 aliphatic rings. The van der Waals surface area contributed by atoms with Crippen LogP contribution < -0.4 is 14.8 Å². The number of nitrogens with one attached hydrogen (secondary N) is 1. The first-order valence-electron chi connectivity index (χ1n) is 14.8. The van der Waals surface area contributed by atoms with Crippen molar-refractivity contribution in [1.29, 1.82) is 0 Å². The van der Waals surface area contributed by atoms with Gasteiger partial charge in [-0.1, -0.05) is 67.7 Å².